The largest absolute Gasteiger partial charge is 0.444 e. The van der Waals surface area contributed by atoms with Gasteiger partial charge in [-0.15, -0.1) is 0 Å². The van der Waals surface area contributed by atoms with Gasteiger partial charge in [0.1, 0.15) is 5.60 Å². The Bertz CT molecular complexity index is 482. The van der Waals surface area contributed by atoms with Gasteiger partial charge in [-0.05, 0) is 51.7 Å². The van der Waals surface area contributed by atoms with E-state index in [2.05, 4.69) is 4.98 Å². The number of piperidine rings is 1. The summed E-state index contributed by atoms with van der Waals surface area (Å²) in [5.41, 5.74) is 6.92. The quantitative estimate of drug-likeness (QED) is 0.856. The Labute approximate surface area is 120 Å². The van der Waals surface area contributed by atoms with Crippen LogP contribution in [0.5, 0.6) is 0 Å². The first-order valence-corrected chi connectivity index (χ1v) is 7.07. The third kappa shape index (κ3) is 3.62. The molecule has 0 bridgehead atoms. The van der Waals surface area contributed by atoms with Gasteiger partial charge in [0.05, 0.1) is 11.7 Å². The highest BCUT2D eigenvalue weighted by molar-refractivity contribution is 5.69. The lowest BCUT2D eigenvalue weighted by atomic mass is 9.96. The number of hydrogen-bond acceptors (Lipinski definition) is 4. The molecule has 0 radical (unpaired) electrons. The molecule has 1 aliphatic rings. The van der Waals surface area contributed by atoms with Gasteiger partial charge in [0.2, 0.25) is 0 Å². The van der Waals surface area contributed by atoms with Crippen molar-refractivity contribution in [2.45, 2.75) is 51.7 Å². The van der Waals surface area contributed by atoms with E-state index in [1.54, 1.807) is 17.3 Å². The fraction of sp³-hybridized carbons (Fsp3) is 0.600. The van der Waals surface area contributed by atoms with E-state index < -0.39 is 5.60 Å². The lowest BCUT2D eigenvalue weighted by Gasteiger charge is -2.36. The summed E-state index contributed by atoms with van der Waals surface area (Å²) in [7, 11) is 0. The average Bonchev–Trinajstić information content (AvgIpc) is 2.37. The lowest BCUT2D eigenvalue weighted by Crippen LogP contribution is -2.41. The molecule has 1 amide bonds. The zero-order chi connectivity index (χ0) is 14.8. The molecule has 2 N–H and O–H groups in total. The van der Waals surface area contributed by atoms with Crippen molar-refractivity contribution in [1.29, 1.82) is 0 Å². The molecule has 110 valence electrons. The van der Waals surface area contributed by atoms with Gasteiger partial charge in [-0.1, -0.05) is 0 Å². The van der Waals surface area contributed by atoms with Gasteiger partial charge in [0, 0.05) is 18.9 Å². The van der Waals surface area contributed by atoms with Crippen LogP contribution in [0.1, 0.15) is 51.6 Å². The Kier molecular flexibility index (Phi) is 4.16. The highest BCUT2D eigenvalue weighted by Crippen LogP contribution is 2.32. The number of anilines is 1. The van der Waals surface area contributed by atoms with Crippen LogP contribution in [0.25, 0.3) is 0 Å². The van der Waals surface area contributed by atoms with Gasteiger partial charge in [-0.2, -0.15) is 0 Å². The molecule has 1 saturated heterocycles. The maximum absolute atomic E-state index is 12.3. The molecule has 2 heterocycles. The third-order valence-corrected chi connectivity index (χ3v) is 3.30. The number of likely N-dealkylation sites (tertiary alicyclic amines) is 1. The summed E-state index contributed by atoms with van der Waals surface area (Å²) in [5.74, 6) is 0. The van der Waals surface area contributed by atoms with Crippen LogP contribution < -0.4 is 5.73 Å². The molecule has 0 spiro atoms. The first kappa shape index (κ1) is 14.6. The van der Waals surface area contributed by atoms with E-state index in [1.165, 1.54) is 0 Å². The summed E-state index contributed by atoms with van der Waals surface area (Å²) in [6.45, 7) is 6.36. The maximum atomic E-state index is 12.3. The summed E-state index contributed by atoms with van der Waals surface area (Å²) in [4.78, 5) is 18.3. The number of hydrogen-bond donors (Lipinski definition) is 1. The van der Waals surface area contributed by atoms with Gasteiger partial charge >= 0.3 is 6.09 Å². The summed E-state index contributed by atoms with van der Waals surface area (Å²) in [6, 6.07) is 1.90. The van der Waals surface area contributed by atoms with Crippen LogP contribution in [-0.4, -0.2) is 28.1 Å². The van der Waals surface area contributed by atoms with Crippen molar-refractivity contribution in [3.63, 3.8) is 0 Å². The van der Waals surface area contributed by atoms with E-state index in [-0.39, 0.29) is 12.1 Å². The number of rotatable bonds is 1. The zero-order valence-corrected chi connectivity index (χ0v) is 12.4. The third-order valence-electron chi connectivity index (χ3n) is 3.30. The summed E-state index contributed by atoms with van der Waals surface area (Å²) in [6.07, 6.45) is 6.16. The number of nitrogen functional groups attached to an aromatic ring is 1. The monoisotopic (exact) mass is 277 g/mol. The molecule has 2 rings (SSSR count). The van der Waals surface area contributed by atoms with Crippen LogP contribution in [0.15, 0.2) is 18.5 Å². The predicted octanol–water partition coefficient (Wildman–Crippen LogP) is 3.13. The summed E-state index contributed by atoms with van der Waals surface area (Å²) >= 11 is 0. The second-order valence-corrected chi connectivity index (χ2v) is 6.24. The van der Waals surface area contributed by atoms with Gasteiger partial charge in [-0.25, -0.2) is 4.79 Å². The van der Waals surface area contributed by atoms with E-state index in [1.807, 2.05) is 26.8 Å². The normalized spacial score (nSPS) is 19.8. The molecule has 5 nitrogen and oxygen atoms in total. The molecule has 0 aromatic carbocycles. The molecule has 0 unspecified atom stereocenters. The summed E-state index contributed by atoms with van der Waals surface area (Å²) in [5, 5.41) is 0. The summed E-state index contributed by atoms with van der Waals surface area (Å²) < 4.78 is 5.49. The van der Waals surface area contributed by atoms with Crippen molar-refractivity contribution in [2.24, 2.45) is 0 Å². The molecular weight excluding hydrogens is 254 g/mol. The highest BCUT2D eigenvalue weighted by Gasteiger charge is 2.31. The highest BCUT2D eigenvalue weighted by atomic mass is 16.6. The molecular formula is C15H23N3O2. The fourth-order valence-corrected chi connectivity index (χ4v) is 2.48. The minimum absolute atomic E-state index is 0.00889. The fourth-order valence-electron chi connectivity index (χ4n) is 2.48. The van der Waals surface area contributed by atoms with Gasteiger partial charge in [0.15, 0.2) is 0 Å². The Morgan fingerprint density at radius 1 is 1.40 bits per heavy atom. The second kappa shape index (κ2) is 5.69. The van der Waals surface area contributed by atoms with Crippen molar-refractivity contribution in [3.05, 3.63) is 24.0 Å². The topological polar surface area (TPSA) is 68.5 Å². The van der Waals surface area contributed by atoms with Crippen LogP contribution >= 0.6 is 0 Å². The van der Waals surface area contributed by atoms with E-state index in [9.17, 15) is 4.79 Å². The molecule has 20 heavy (non-hydrogen) atoms. The van der Waals surface area contributed by atoms with E-state index in [0.29, 0.717) is 12.2 Å². The number of nitrogens with two attached hydrogens (primary N) is 1. The van der Waals surface area contributed by atoms with Crippen molar-refractivity contribution < 1.29 is 9.53 Å². The Morgan fingerprint density at radius 3 is 2.80 bits per heavy atom. The van der Waals surface area contributed by atoms with Crippen molar-refractivity contribution in [2.75, 3.05) is 12.3 Å². The molecule has 1 aromatic heterocycles. The first-order chi connectivity index (χ1) is 9.37. The predicted molar refractivity (Wildman–Crippen MR) is 78.2 cm³/mol. The van der Waals surface area contributed by atoms with Crippen LogP contribution in [0, 0.1) is 0 Å². The average molecular weight is 277 g/mol. The Hall–Kier alpha value is -1.78. The number of amides is 1. The zero-order valence-electron chi connectivity index (χ0n) is 12.4. The lowest BCUT2D eigenvalue weighted by molar-refractivity contribution is 0.00948. The molecule has 0 saturated carbocycles. The van der Waals surface area contributed by atoms with Crippen LogP contribution in [0.4, 0.5) is 10.5 Å². The molecule has 1 atom stereocenters. The smallest absolute Gasteiger partial charge is 0.410 e. The molecule has 0 aliphatic carbocycles. The van der Waals surface area contributed by atoms with Crippen LogP contribution in [0.2, 0.25) is 0 Å². The second-order valence-electron chi connectivity index (χ2n) is 6.24. The minimum Gasteiger partial charge on any atom is -0.444 e. The number of ether oxygens (including phenoxy) is 1. The standard InChI is InChI=1S/C15H23N3O2/c1-15(2,3)20-14(19)18-7-5-4-6-13(18)11-8-12(16)10-17-9-11/h8-10,13H,4-7,16H2,1-3H3/t13-/m0/s1. The van der Waals surface area contributed by atoms with Crippen LogP contribution in [0.3, 0.4) is 0 Å². The maximum Gasteiger partial charge on any atom is 0.410 e. The molecule has 1 aliphatic heterocycles. The van der Waals surface area contributed by atoms with Crippen molar-refractivity contribution in [3.8, 4) is 0 Å². The van der Waals surface area contributed by atoms with Crippen molar-refractivity contribution in [1.82, 2.24) is 9.88 Å². The van der Waals surface area contributed by atoms with Gasteiger partial charge < -0.3 is 15.4 Å². The minimum atomic E-state index is -0.479. The van der Waals surface area contributed by atoms with Gasteiger partial charge in [-0.3, -0.25) is 4.98 Å². The first-order valence-electron chi connectivity index (χ1n) is 7.07. The molecule has 5 heteroatoms. The number of nitrogens with zero attached hydrogens (tertiary/aromatic N) is 2. The number of pyridine rings is 1. The van der Waals surface area contributed by atoms with Crippen molar-refractivity contribution >= 4 is 11.8 Å². The Morgan fingerprint density at radius 2 is 2.15 bits per heavy atom. The van der Waals surface area contributed by atoms with E-state index in [4.69, 9.17) is 10.5 Å². The Balaban J connectivity index is 2.19. The number of carbonyl (C=O) groups excluding carboxylic acids is 1. The molecule has 1 aromatic rings. The number of carbonyl (C=O) groups is 1. The SMILES string of the molecule is CC(C)(C)OC(=O)N1CCCC[C@H]1c1cncc(N)c1. The van der Waals surface area contributed by atoms with Gasteiger partial charge in [0.25, 0.3) is 0 Å². The van der Waals surface area contributed by atoms with Crippen LogP contribution in [-0.2, 0) is 4.74 Å². The van der Waals surface area contributed by atoms with E-state index >= 15 is 0 Å². The van der Waals surface area contributed by atoms with E-state index in [0.717, 1.165) is 24.8 Å². The number of aromatic nitrogens is 1. The molecule has 1 fully saturated rings.